The fourth-order valence-corrected chi connectivity index (χ4v) is 3.09. The molecule has 0 bridgehead atoms. The quantitative estimate of drug-likeness (QED) is 0.802. The highest BCUT2D eigenvalue weighted by molar-refractivity contribution is 5.84. The highest BCUT2D eigenvalue weighted by atomic mass is 16.5. The molecule has 1 N–H and O–H groups in total. The second-order valence-electron chi connectivity index (χ2n) is 7.32. The zero-order chi connectivity index (χ0) is 17.2. The summed E-state index contributed by atoms with van der Waals surface area (Å²) in [5, 5.41) is 9.04. The summed E-state index contributed by atoms with van der Waals surface area (Å²) in [7, 11) is 0. The zero-order valence-electron chi connectivity index (χ0n) is 14.1. The van der Waals surface area contributed by atoms with Gasteiger partial charge in [-0.05, 0) is 12.8 Å². The van der Waals surface area contributed by atoms with Gasteiger partial charge in [0, 0.05) is 25.0 Å². The van der Waals surface area contributed by atoms with Crippen molar-refractivity contribution in [2.24, 2.45) is 11.3 Å². The Kier molecular flexibility index (Phi) is 5.29. The van der Waals surface area contributed by atoms with E-state index in [1.165, 1.54) is 0 Å². The van der Waals surface area contributed by atoms with Crippen LogP contribution < -0.4 is 0 Å². The third kappa shape index (κ3) is 4.22. The molecule has 0 aromatic carbocycles. The van der Waals surface area contributed by atoms with Gasteiger partial charge in [-0.25, -0.2) is 4.79 Å². The maximum absolute atomic E-state index is 12.7. The maximum Gasteiger partial charge on any atom is 0.334 e. The van der Waals surface area contributed by atoms with E-state index in [1.54, 1.807) is 9.80 Å². The average Bonchev–Trinajstić information content (AvgIpc) is 2.52. The first-order valence-electron chi connectivity index (χ1n) is 8.12. The normalized spacial score (nSPS) is 26.0. The predicted octanol–water partition coefficient (Wildman–Crippen LogP) is 0.583. The number of ether oxygens (including phenoxy) is 1. The van der Waals surface area contributed by atoms with Crippen LogP contribution in [0.15, 0.2) is 0 Å². The molecular formula is C16H26N2O5. The van der Waals surface area contributed by atoms with Gasteiger partial charge in [0.1, 0.15) is 0 Å². The Bertz CT molecular complexity index is 485. The molecule has 2 saturated heterocycles. The van der Waals surface area contributed by atoms with Crippen molar-refractivity contribution in [3.05, 3.63) is 0 Å². The van der Waals surface area contributed by atoms with Crippen LogP contribution in [0.4, 0.5) is 0 Å². The maximum atomic E-state index is 12.7. The van der Waals surface area contributed by atoms with Gasteiger partial charge < -0.3 is 19.6 Å². The number of carbonyl (C=O) groups excluding carboxylic acids is 2. The van der Waals surface area contributed by atoms with E-state index in [0.717, 1.165) is 12.8 Å². The Labute approximate surface area is 136 Å². The number of carboxylic acid groups (broad SMARTS) is 1. The van der Waals surface area contributed by atoms with Crippen molar-refractivity contribution in [2.45, 2.75) is 39.7 Å². The lowest BCUT2D eigenvalue weighted by atomic mass is 9.90. The molecule has 23 heavy (non-hydrogen) atoms. The third-order valence-corrected chi connectivity index (χ3v) is 4.35. The summed E-state index contributed by atoms with van der Waals surface area (Å²) < 4.78 is 5.15. The lowest BCUT2D eigenvalue weighted by Crippen LogP contribution is -2.53. The minimum Gasteiger partial charge on any atom is -0.479 e. The number of aliphatic carboxylic acids is 1. The molecule has 7 heteroatoms. The van der Waals surface area contributed by atoms with E-state index in [4.69, 9.17) is 9.84 Å². The van der Waals surface area contributed by atoms with Crippen LogP contribution in [0.3, 0.4) is 0 Å². The van der Waals surface area contributed by atoms with E-state index in [-0.39, 0.29) is 30.9 Å². The topological polar surface area (TPSA) is 87.2 Å². The molecular weight excluding hydrogens is 300 g/mol. The number of carbonyl (C=O) groups is 3. The molecule has 0 spiro atoms. The minimum absolute atomic E-state index is 0.0559. The van der Waals surface area contributed by atoms with Crippen LogP contribution >= 0.6 is 0 Å². The number of morpholine rings is 1. The second-order valence-corrected chi connectivity index (χ2v) is 7.32. The van der Waals surface area contributed by atoms with Gasteiger partial charge in [-0.15, -0.1) is 0 Å². The van der Waals surface area contributed by atoms with Crippen LogP contribution in [0.1, 0.15) is 33.6 Å². The Hall–Kier alpha value is -1.63. The summed E-state index contributed by atoms with van der Waals surface area (Å²) in [4.78, 5) is 39.5. The molecule has 0 aromatic heterocycles. The SMILES string of the molecule is CC(C)(C)C(=O)N1CCCC(C(=O)N2CCOC(C(=O)O)C2)C1. The number of hydrogen-bond acceptors (Lipinski definition) is 4. The average molecular weight is 326 g/mol. The van der Waals surface area contributed by atoms with Gasteiger partial charge in [0.05, 0.1) is 19.1 Å². The molecule has 0 radical (unpaired) electrons. The number of carboxylic acids is 1. The standard InChI is InChI=1S/C16H26N2O5/c1-16(2,3)15(22)18-6-4-5-11(9-18)13(19)17-7-8-23-12(10-17)14(20)21/h11-12H,4-10H2,1-3H3,(H,20,21). The molecule has 2 fully saturated rings. The molecule has 0 aliphatic carbocycles. The molecule has 2 heterocycles. The van der Waals surface area contributed by atoms with Crippen LogP contribution in [0, 0.1) is 11.3 Å². The second kappa shape index (κ2) is 6.86. The molecule has 0 aromatic rings. The number of rotatable bonds is 2. The Morgan fingerprint density at radius 1 is 1.09 bits per heavy atom. The summed E-state index contributed by atoms with van der Waals surface area (Å²) in [5.41, 5.74) is -0.460. The zero-order valence-corrected chi connectivity index (χ0v) is 14.1. The fourth-order valence-electron chi connectivity index (χ4n) is 3.09. The van der Waals surface area contributed by atoms with Crippen molar-refractivity contribution in [3.63, 3.8) is 0 Å². The van der Waals surface area contributed by atoms with Crippen molar-refractivity contribution in [1.29, 1.82) is 0 Å². The molecule has 2 rings (SSSR count). The summed E-state index contributed by atoms with van der Waals surface area (Å²) in [6, 6.07) is 0. The first-order chi connectivity index (χ1) is 10.7. The van der Waals surface area contributed by atoms with Gasteiger partial charge in [0.2, 0.25) is 11.8 Å². The van der Waals surface area contributed by atoms with Crippen molar-refractivity contribution < 1.29 is 24.2 Å². The lowest BCUT2D eigenvalue weighted by molar-refractivity contribution is -0.161. The fraction of sp³-hybridized carbons (Fsp3) is 0.812. The van der Waals surface area contributed by atoms with Crippen molar-refractivity contribution in [3.8, 4) is 0 Å². The lowest BCUT2D eigenvalue weighted by Gasteiger charge is -2.39. The van der Waals surface area contributed by atoms with Gasteiger partial charge in [0.25, 0.3) is 0 Å². The van der Waals surface area contributed by atoms with Crippen LogP contribution in [0.5, 0.6) is 0 Å². The predicted molar refractivity (Wildman–Crippen MR) is 82.7 cm³/mol. The molecule has 2 atom stereocenters. The molecule has 2 aliphatic heterocycles. The highest BCUT2D eigenvalue weighted by Crippen LogP contribution is 2.25. The smallest absolute Gasteiger partial charge is 0.334 e. The van der Waals surface area contributed by atoms with Crippen LogP contribution in [-0.4, -0.2) is 71.6 Å². The number of likely N-dealkylation sites (tertiary alicyclic amines) is 1. The largest absolute Gasteiger partial charge is 0.479 e. The van der Waals surface area contributed by atoms with Gasteiger partial charge in [-0.2, -0.15) is 0 Å². The Balaban J connectivity index is 1.99. The number of amides is 2. The summed E-state index contributed by atoms with van der Waals surface area (Å²) in [6.45, 7) is 7.45. The van der Waals surface area contributed by atoms with E-state index in [0.29, 0.717) is 19.6 Å². The Morgan fingerprint density at radius 2 is 1.78 bits per heavy atom. The molecule has 2 aliphatic rings. The van der Waals surface area contributed by atoms with Crippen LogP contribution in [0.25, 0.3) is 0 Å². The molecule has 2 amide bonds. The summed E-state index contributed by atoms with van der Waals surface area (Å²) >= 11 is 0. The summed E-state index contributed by atoms with van der Waals surface area (Å²) in [5.74, 6) is -1.30. The molecule has 0 saturated carbocycles. The van der Waals surface area contributed by atoms with E-state index in [9.17, 15) is 14.4 Å². The van der Waals surface area contributed by atoms with E-state index >= 15 is 0 Å². The highest BCUT2D eigenvalue weighted by Gasteiger charge is 2.37. The minimum atomic E-state index is -1.05. The molecule has 7 nitrogen and oxygen atoms in total. The van der Waals surface area contributed by atoms with Gasteiger partial charge in [-0.3, -0.25) is 9.59 Å². The van der Waals surface area contributed by atoms with Gasteiger partial charge in [0.15, 0.2) is 6.10 Å². The molecule has 130 valence electrons. The number of nitrogens with zero attached hydrogens (tertiary/aromatic N) is 2. The van der Waals surface area contributed by atoms with E-state index in [2.05, 4.69) is 0 Å². The van der Waals surface area contributed by atoms with Gasteiger partial charge in [-0.1, -0.05) is 20.8 Å². The summed E-state index contributed by atoms with van der Waals surface area (Å²) in [6.07, 6.45) is 0.580. The van der Waals surface area contributed by atoms with E-state index < -0.39 is 17.5 Å². The number of hydrogen-bond donors (Lipinski definition) is 1. The third-order valence-electron chi connectivity index (χ3n) is 4.35. The number of piperidine rings is 1. The Morgan fingerprint density at radius 3 is 2.39 bits per heavy atom. The van der Waals surface area contributed by atoms with Crippen LogP contribution in [-0.2, 0) is 19.1 Å². The van der Waals surface area contributed by atoms with E-state index in [1.807, 2.05) is 20.8 Å². The van der Waals surface area contributed by atoms with Gasteiger partial charge >= 0.3 is 5.97 Å². The first kappa shape index (κ1) is 17.7. The molecule has 2 unspecified atom stereocenters. The van der Waals surface area contributed by atoms with Crippen molar-refractivity contribution in [2.75, 3.05) is 32.8 Å². The van der Waals surface area contributed by atoms with Crippen molar-refractivity contribution in [1.82, 2.24) is 9.80 Å². The first-order valence-corrected chi connectivity index (χ1v) is 8.12. The van der Waals surface area contributed by atoms with Crippen molar-refractivity contribution >= 4 is 17.8 Å². The monoisotopic (exact) mass is 326 g/mol. The van der Waals surface area contributed by atoms with Crippen LogP contribution in [0.2, 0.25) is 0 Å².